The number of para-hydroxylation sites is 1. The average Bonchev–Trinajstić information content (AvgIpc) is 3.38. The summed E-state index contributed by atoms with van der Waals surface area (Å²) in [4.78, 5) is 16.5. The average molecular weight is 285 g/mol. The van der Waals surface area contributed by atoms with Crippen LogP contribution in [-0.4, -0.2) is 54.5 Å². The van der Waals surface area contributed by atoms with Gasteiger partial charge < -0.3 is 9.64 Å². The molecule has 1 saturated heterocycles. The molecule has 0 aromatic heterocycles. The summed E-state index contributed by atoms with van der Waals surface area (Å²) in [6.07, 6.45) is 2.62. The molecule has 0 spiro atoms. The van der Waals surface area contributed by atoms with Crippen molar-refractivity contribution >= 4 is 5.91 Å². The van der Waals surface area contributed by atoms with Gasteiger partial charge in [-0.1, -0.05) is 12.1 Å². The fourth-order valence-corrected chi connectivity index (χ4v) is 2.69. The second kappa shape index (κ2) is 6.15. The summed E-state index contributed by atoms with van der Waals surface area (Å²) in [5.74, 6) is 0.475. The van der Waals surface area contributed by atoms with E-state index in [2.05, 4.69) is 11.0 Å². The first-order valence-corrected chi connectivity index (χ1v) is 7.41. The highest BCUT2D eigenvalue weighted by Gasteiger charge is 2.32. The molecular weight excluding hydrogens is 266 g/mol. The second-order valence-electron chi connectivity index (χ2n) is 5.54. The minimum atomic E-state index is -0.00168. The number of ether oxygens (including phenoxy) is 1. The predicted octanol–water partition coefficient (Wildman–Crippen LogP) is 1.24. The Bertz CT molecular complexity index is 555. The van der Waals surface area contributed by atoms with E-state index in [0.717, 1.165) is 32.2 Å². The zero-order valence-corrected chi connectivity index (χ0v) is 12.0. The van der Waals surface area contributed by atoms with Gasteiger partial charge in [-0.25, -0.2) is 0 Å². The fourth-order valence-electron chi connectivity index (χ4n) is 2.69. The highest BCUT2D eigenvalue weighted by molar-refractivity contribution is 5.78. The van der Waals surface area contributed by atoms with Crippen molar-refractivity contribution in [1.82, 2.24) is 9.80 Å². The third-order valence-electron chi connectivity index (χ3n) is 4.09. The quantitative estimate of drug-likeness (QED) is 0.835. The second-order valence-corrected chi connectivity index (χ2v) is 5.54. The topological polar surface area (TPSA) is 56.6 Å². The molecule has 5 nitrogen and oxygen atoms in total. The van der Waals surface area contributed by atoms with Gasteiger partial charge in [0.05, 0.1) is 5.56 Å². The van der Waals surface area contributed by atoms with Crippen LogP contribution in [0, 0.1) is 11.3 Å². The van der Waals surface area contributed by atoms with E-state index >= 15 is 0 Å². The molecule has 1 aromatic rings. The van der Waals surface area contributed by atoms with Gasteiger partial charge in [0.25, 0.3) is 5.91 Å². The molecule has 0 atom stereocenters. The number of hydrogen-bond acceptors (Lipinski definition) is 4. The number of nitrogens with zero attached hydrogens (tertiary/aromatic N) is 3. The van der Waals surface area contributed by atoms with E-state index in [0.29, 0.717) is 11.3 Å². The molecule has 5 heteroatoms. The molecule has 2 fully saturated rings. The van der Waals surface area contributed by atoms with Crippen LogP contribution < -0.4 is 4.74 Å². The van der Waals surface area contributed by atoms with E-state index in [-0.39, 0.29) is 12.5 Å². The van der Waals surface area contributed by atoms with Crippen molar-refractivity contribution in [3.05, 3.63) is 29.8 Å². The number of carbonyl (C=O) groups is 1. The van der Waals surface area contributed by atoms with Crippen LogP contribution in [0.4, 0.5) is 0 Å². The smallest absolute Gasteiger partial charge is 0.260 e. The molecule has 3 rings (SSSR count). The largest absolute Gasteiger partial charge is 0.482 e. The van der Waals surface area contributed by atoms with Gasteiger partial charge in [-0.15, -0.1) is 0 Å². The summed E-state index contributed by atoms with van der Waals surface area (Å²) in [5.41, 5.74) is 0.462. The van der Waals surface area contributed by atoms with Gasteiger partial charge in [-0.2, -0.15) is 5.26 Å². The predicted molar refractivity (Wildman–Crippen MR) is 77.8 cm³/mol. The maximum Gasteiger partial charge on any atom is 0.260 e. The maximum atomic E-state index is 12.2. The van der Waals surface area contributed by atoms with E-state index < -0.39 is 0 Å². The Balaban J connectivity index is 1.49. The summed E-state index contributed by atoms with van der Waals surface area (Å²) >= 11 is 0. The fraction of sp³-hybridized carbons (Fsp3) is 0.500. The van der Waals surface area contributed by atoms with Gasteiger partial charge in [-0.3, -0.25) is 9.69 Å². The Labute approximate surface area is 124 Å². The molecule has 0 bridgehead atoms. The Morgan fingerprint density at radius 1 is 1.24 bits per heavy atom. The first-order valence-electron chi connectivity index (χ1n) is 7.41. The molecule has 110 valence electrons. The summed E-state index contributed by atoms with van der Waals surface area (Å²) in [7, 11) is 0. The minimum absolute atomic E-state index is 0.00168. The number of nitriles is 1. The molecule has 1 aromatic carbocycles. The lowest BCUT2D eigenvalue weighted by Crippen LogP contribution is -2.50. The van der Waals surface area contributed by atoms with Crippen LogP contribution in [0.5, 0.6) is 5.75 Å². The molecule has 0 radical (unpaired) electrons. The van der Waals surface area contributed by atoms with E-state index in [1.807, 2.05) is 4.90 Å². The summed E-state index contributed by atoms with van der Waals surface area (Å²) < 4.78 is 5.50. The molecule has 0 N–H and O–H groups in total. The third kappa shape index (κ3) is 3.34. The zero-order valence-electron chi connectivity index (χ0n) is 12.0. The van der Waals surface area contributed by atoms with Crippen LogP contribution in [0.25, 0.3) is 0 Å². The Kier molecular flexibility index (Phi) is 4.07. The first-order chi connectivity index (χ1) is 10.3. The van der Waals surface area contributed by atoms with Gasteiger partial charge in [0.2, 0.25) is 0 Å². The monoisotopic (exact) mass is 285 g/mol. The molecule has 0 unspecified atom stereocenters. The number of carbonyl (C=O) groups excluding carboxylic acids is 1. The molecule has 1 amide bonds. The van der Waals surface area contributed by atoms with E-state index in [9.17, 15) is 4.79 Å². The summed E-state index contributed by atoms with van der Waals surface area (Å²) in [6, 6.07) is 9.82. The normalized spacial score (nSPS) is 19.1. The number of piperazine rings is 1. The van der Waals surface area contributed by atoms with Crippen molar-refractivity contribution in [2.24, 2.45) is 0 Å². The van der Waals surface area contributed by atoms with Crippen molar-refractivity contribution in [2.75, 3.05) is 32.8 Å². The number of amides is 1. The lowest BCUT2D eigenvalue weighted by atomic mass is 10.2. The van der Waals surface area contributed by atoms with Crippen LogP contribution in [0.15, 0.2) is 24.3 Å². The third-order valence-corrected chi connectivity index (χ3v) is 4.09. The molecule has 1 aliphatic carbocycles. The Morgan fingerprint density at radius 2 is 1.95 bits per heavy atom. The van der Waals surface area contributed by atoms with Crippen molar-refractivity contribution in [3.8, 4) is 11.8 Å². The number of rotatable bonds is 4. The van der Waals surface area contributed by atoms with Crippen LogP contribution in [-0.2, 0) is 4.79 Å². The highest BCUT2D eigenvalue weighted by atomic mass is 16.5. The van der Waals surface area contributed by atoms with Crippen LogP contribution >= 0.6 is 0 Å². The molecule has 1 heterocycles. The Morgan fingerprint density at radius 3 is 2.62 bits per heavy atom. The van der Waals surface area contributed by atoms with Crippen LogP contribution in [0.2, 0.25) is 0 Å². The van der Waals surface area contributed by atoms with Crippen LogP contribution in [0.3, 0.4) is 0 Å². The molecular formula is C16H19N3O2. The highest BCUT2D eigenvalue weighted by Crippen LogP contribution is 2.27. The summed E-state index contributed by atoms with van der Waals surface area (Å²) in [6.45, 7) is 3.48. The van der Waals surface area contributed by atoms with Crippen molar-refractivity contribution in [1.29, 1.82) is 5.26 Å². The van der Waals surface area contributed by atoms with Crippen molar-refractivity contribution in [2.45, 2.75) is 18.9 Å². The first kappa shape index (κ1) is 13.9. The maximum absolute atomic E-state index is 12.2. The van der Waals surface area contributed by atoms with Gasteiger partial charge in [-0.05, 0) is 25.0 Å². The molecule has 2 aliphatic rings. The Hall–Kier alpha value is -2.06. The van der Waals surface area contributed by atoms with Gasteiger partial charge >= 0.3 is 0 Å². The summed E-state index contributed by atoms with van der Waals surface area (Å²) in [5, 5.41) is 8.99. The molecule has 21 heavy (non-hydrogen) atoms. The van der Waals surface area contributed by atoms with E-state index in [1.54, 1.807) is 24.3 Å². The van der Waals surface area contributed by atoms with Gasteiger partial charge in [0.15, 0.2) is 6.61 Å². The van der Waals surface area contributed by atoms with Crippen LogP contribution in [0.1, 0.15) is 18.4 Å². The number of hydrogen-bond donors (Lipinski definition) is 0. The van der Waals surface area contributed by atoms with Gasteiger partial charge in [0, 0.05) is 32.2 Å². The molecule has 1 aliphatic heterocycles. The number of benzene rings is 1. The minimum Gasteiger partial charge on any atom is -0.482 e. The van der Waals surface area contributed by atoms with Crippen molar-refractivity contribution < 1.29 is 9.53 Å². The van der Waals surface area contributed by atoms with Gasteiger partial charge in [0.1, 0.15) is 11.8 Å². The SMILES string of the molecule is N#Cc1ccccc1OCC(=O)N1CCN(C2CC2)CC1. The lowest BCUT2D eigenvalue weighted by molar-refractivity contribution is -0.135. The lowest BCUT2D eigenvalue weighted by Gasteiger charge is -2.34. The van der Waals surface area contributed by atoms with Crippen molar-refractivity contribution in [3.63, 3.8) is 0 Å². The van der Waals surface area contributed by atoms with E-state index in [4.69, 9.17) is 10.00 Å². The van der Waals surface area contributed by atoms with E-state index in [1.165, 1.54) is 12.8 Å². The standard InChI is InChI=1S/C16H19N3O2/c17-11-13-3-1-2-4-15(13)21-12-16(20)19-9-7-18(8-10-19)14-5-6-14/h1-4,14H,5-10,12H2. The zero-order chi connectivity index (χ0) is 14.7. The molecule has 1 saturated carbocycles.